The summed E-state index contributed by atoms with van der Waals surface area (Å²) in [6.45, 7) is 10.7. The summed E-state index contributed by atoms with van der Waals surface area (Å²) in [6, 6.07) is -0.754. The summed E-state index contributed by atoms with van der Waals surface area (Å²) in [5.74, 6) is 0.653. The van der Waals surface area contributed by atoms with Gasteiger partial charge in [-0.25, -0.2) is 9.59 Å². The predicted octanol–water partition coefficient (Wildman–Crippen LogP) is 1.51. The molecule has 0 aliphatic carbocycles. The second kappa shape index (κ2) is 6.36. The lowest BCUT2D eigenvalue weighted by molar-refractivity contribution is 0.207. The minimum atomic E-state index is -0.371. The van der Waals surface area contributed by atoms with Crippen molar-refractivity contribution in [3.05, 3.63) is 0 Å². The molecule has 1 heterocycles. The average molecular weight is 282 g/mol. The first-order valence-electron chi connectivity index (χ1n) is 6.54. The van der Waals surface area contributed by atoms with Crippen molar-refractivity contribution in [3.8, 4) is 0 Å². The minimum absolute atomic E-state index is 0.00641. The first kappa shape index (κ1) is 15.9. The molecule has 20 heavy (non-hydrogen) atoms. The second-order valence-corrected chi connectivity index (χ2v) is 5.13. The van der Waals surface area contributed by atoms with Crippen LogP contribution in [0.4, 0.5) is 9.59 Å². The first-order valence-corrected chi connectivity index (χ1v) is 6.54. The fraction of sp³-hybridized carbons (Fsp3) is 0.667. The van der Waals surface area contributed by atoms with Gasteiger partial charge in [-0.3, -0.25) is 0 Å². The molecule has 2 N–H and O–H groups in total. The Balaban J connectivity index is 2.86. The van der Waals surface area contributed by atoms with Crippen molar-refractivity contribution in [2.24, 2.45) is 10.2 Å². The summed E-state index contributed by atoms with van der Waals surface area (Å²) in [7, 11) is 0. The molecule has 0 aromatic heterocycles. The van der Waals surface area contributed by atoms with Gasteiger partial charge in [0, 0.05) is 12.1 Å². The molecule has 4 amide bonds. The zero-order valence-electron chi connectivity index (χ0n) is 12.8. The molecule has 0 radical (unpaired) electrons. The molecule has 0 saturated heterocycles. The van der Waals surface area contributed by atoms with E-state index in [1.54, 1.807) is 13.8 Å². The summed E-state index contributed by atoms with van der Waals surface area (Å²) < 4.78 is 0. The van der Waals surface area contributed by atoms with Crippen LogP contribution in [0.2, 0.25) is 0 Å². The Hall–Kier alpha value is -2.12. The summed E-state index contributed by atoms with van der Waals surface area (Å²) in [5, 5.41) is 15.9. The maximum atomic E-state index is 11.9. The maximum absolute atomic E-state index is 11.9. The molecule has 8 nitrogen and oxygen atoms in total. The van der Waals surface area contributed by atoms with E-state index in [2.05, 4.69) is 20.8 Å². The summed E-state index contributed by atoms with van der Waals surface area (Å²) in [6.07, 6.45) is 0. The van der Waals surface area contributed by atoms with E-state index in [0.717, 1.165) is 10.0 Å². The van der Waals surface area contributed by atoms with Gasteiger partial charge in [-0.05, 0) is 41.5 Å². The lowest BCUT2D eigenvalue weighted by atomic mass is 10.4. The number of urea groups is 2. The van der Waals surface area contributed by atoms with Crippen LogP contribution in [0.15, 0.2) is 10.2 Å². The molecule has 0 fully saturated rings. The van der Waals surface area contributed by atoms with Crippen LogP contribution in [0.1, 0.15) is 41.5 Å². The van der Waals surface area contributed by atoms with Crippen LogP contribution in [-0.4, -0.2) is 45.8 Å². The number of hydrogen-bond acceptors (Lipinski definition) is 4. The molecule has 0 saturated carbocycles. The number of nitrogens with one attached hydrogen (secondary N) is 2. The van der Waals surface area contributed by atoms with E-state index in [0.29, 0.717) is 11.7 Å². The predicted molar refractivity (Wildman–Crippen MR) is 77.2 cm³/mol. The van der Waals surface area contributed by atoms with Crippen LogP contribution < -0.4 is 10.6 Å². The maximum Gasteiger partial charge on any atom is 0.344 e. The van der Waals surface area contributed by atoms with Crippen molar-refractivity contribution < 1.29 is 9.59 Å². The lowest BCUT2D eigenvalue weighted by Gasteiger charge is -2.28. The van der Waals surface area contributed by atoms with Crippen molar-refractivity contribution in [1.29, 1.82) is 0 Å². The van der Waals surface area contributed by atoms with Gasteiger partial charge < -0.3 is 10.6 Å². The summed E-state index contributed by atoms with van der Waals surface area (Å²) in [5.41, 5.74) is 0. The topological polar surface area (TPSA) is 89.4 Å². The number of nitrogens with zero attached hydrogens (tertiary/aromatic N) is 4. The first-order chi connectivity index (χ1) is 9.22. The van der Waals surface area contributed by atoms with E-state index in [9.17, 15) is 9.59 Å². The molecule has 0 atom stereocenters. The van der Waals surface area contributed by atoms with E-state index < -0.39 is 0 Å². The van der Waals surface area contributed by atoms with Crippen molar-refractivity contribution in [1.82, 2.24) is 20.7 Å². The highest BCUT2D eigenvalue weighted by Crippen LogP contribution is 2.08. The highest BCUT2D eigenvalue weighted by Gasteiger charge is 2.27. The molecular weight excluding hydrogens is 260 g/mol. The third kappa shape index (κ3) is 3.94. The Kier molecular flexibility index (Phi) is 5.06. The van der Waals surface area contributed by atoms with Crippen LogP contribution in [0, 0.1) is 0 Å². The SMILES string of the molecule is CC1=NN(C(=O)NC(C)C)C(C)=NN1C(=O)NC(C)C. The van der Waals surface area contributed by atoms with Crippen LogP contribution >= 0.6 is 0 Å². The number of hydrazone groups is 2. The van der Waals surface area contributed by atoms with Crippen LogP contribution in [0.25, 0.3) is 0 Å². The minimum Gasteiger partial charge on any atom is -0.334 e. The van der Waals surface area contributed by atoms with Gasteiger partial charge in [-0.2, -0.15) is 10.0 Å². The van der Waals surface area contributed by atoms with Crippen LogP contribution in [0.3, 0.4) is 0 Å². The monoisotopic (exact) mass is 282 g/mol. The van der Waals surface area contributed by atoms with Crippen molar-refractivity contribution in [2.75, 3.05) is 0 Å². The van der Waals surface area contributed by atoms with Crippen molar-refractivity contribution in [2.45, 2.75) is 53.6 Å². The molecule has 0 bridgehead atoms. The zero-order chi connectivity index (χ0) is 15.4. The number of carbonyl (C=O) groups excluding carboxylic acids is 2. The zero-order valence-corrected chi connectivity index (χ0v) is 12.8. The van der Waals surface area contributed by atoms with Gasteiger partial charge in [0.15, 0.2) is 11.7 Å². The number of amides is 4. The van der Waals surface area contributed by atoms with E-state index in [1.807, 2.05) is 27.7 Å². The average Bonchev–Trinajstić information content (AvgIpc) is 2.29. The summed E-state index contributed by atoms with van der Waals surface area (Å²) >= 11 is 0. The van der Waals surface area contributed by atoms with Gasteiger partial charge in [-0.1, -0.05) is 0 Å². The quantitative estimate of drug-likeness (QED) is 0.803. The molecule has 112 valence electrons. The van der Waals surface area contributed by atoms with Crippen LogP contribution in [0.5, 0.6) is 0 Å². The van der Waals surface area contributed by atoms with Crippen molar-refractivity contribution >= 4 is 23.7 Å². The highest BCUT2D eigenvalue weighted by molar-refractivity contribution is 6.04. The Bertz CT molecular complexity index is 413. The smallest absolute Gasteiger partial charge is 0.334 e. The largest absolute Gasteiger partial charge is 0.344 e. The molecule has 8 heteroatoms. The van der Waals surface area contributed by atoms with Gasteiger partial charge >= 0.3 is 12.1 Å². The van der Waals surface area contributed by atoms with Gasteiger partial charge in [0.1, 0.15) is 0 Å². The van der Waals surface area contributed by atoms with Gasteiger partial charge in [0.2, 0.25) is 0 Å². The molecular formula is C12H22N6O2. The fourth-order valence-electron chi connectivity index (χ4n) is 1.52. The number of amidine groups is 2. The van der Waals surface area contributed by atoms with E-state index in [1.165, 1.54) is 0 Å². The molecule has 1 aliphatic heterocycles. The number of carbonyl (C=O) groups is 2. The Morgan fingerprint density at radius 2 is 1.15 bits per heavy atom. The Morgan fingerprint density at radius 1 is 0.850 bits per heavy atom. The third-order valence-electron chi connectivity index (χ3n) is 2.31. The van der Waals surface area contributed by atoms with Gasteiger partial charge in [0.25, 0.3) is 0 Å². The Labute approximate surface area is 118 Å². The molecule has 0 unspecified atom stereocenters. The number of hydrogen-bond donors (Lipinski definition) is 2. The molecule has 0 aromatic carbocycles. The van der Waals surface area contributed by atoms with Crippen LogP contribution in [-0.2, 0) is 0 Å². The fourth-order valence-corrected chi connectivity index (χ4v) is 1.52. The van der Waals surface area contributed by atoms with E-state index in [-0.39, 0.29) is 24.1 Å². The molecule has 0 spiro atoms. The Morgan fingerprint density at radius 3 is 1.40 bits per heavy atom. The van der Waals surface area contributed by atoms with E-state index >= 15 is 0 Å². The highest BCUT2D eigenvalue weighted by atomic mass is 16.2. The van der Waals surface area contributed by atoms with E-state index in [4.69, 9.17) is 0 Å². The third-order valence-corrected chi connectivity index (χ3v) is 2.31. The normalized spacial score (nSPS) is 15.2. The number of rotatable bonds is 2. The van der Waals surface area contributed by atoms with Gasteiger partial charge in [-0.15, -0.1) is 10.2 Å². The standard InChI is InChI=1S/C12H22N6O2/c1-7(2)13-11(19)17-9(5)16-18(10(6)15-17)12(20)14-8(3)4/h7-8H,1-6H3,(H,13,19)(H,14,20). The van der Waals surface area contributed by atoms with Crippen molar-refractivity contribution in [3.63, 3.8) is 0 Å². The van der Waals surface area contributed by atoms with Gasteiger partial charge in [0.05, 0.1) is 0 Å². The molecule has 0 aromatic rings. The summed E-state index contributed by atoms with van der Waals surface area (Å²) in [4.78, 5) is 23.9. The molecule has 1 rings (SSSR count). The second-order valence-electron chi connectivity index (χ2n) is 5.13. The molecule has 1 aliphatic rings. The lowest BCUT2D eigenvalue weighted by Crippen LogP contribution is -2.50.